The molecular weight excluding hydrogens is 237 g/mol. The zero-order valence-corrected chi connectivity index (χ0v) is 9.44. The number of halogens is 3. The first kappa shape index (κ1) is 11.9. The number of aromatic nitrogens is 1. The van der Waals surface area contributed by atoms with Crippen molar-refractivity contribution in [3.63, 3.8) is 0 Å². The lowest BCUT2D eigenvalue weighted by molar-refractivity contribution is -0.187. The van der Waals surface area contributed by atoms with Gasteiger partial charge in [0.05, 0.1) is 11.5 Å². The van der Waals surface area contributed by atoms with Crippen molar-refractivity contribution < 1.29 is 13.2 Å². The van der Waals surface area contributed by atoms with Crippen molar-refractivity contribution in [3.05, 3.63) is 16.6 Å². The topological polar surface area (TPSA) is 38.9 Å². The van der Waals surface area contributed by atoms with Gasteiger partial charge in [0, 0.05) is 11.6 Å². The van der Waals surface area contributed by atoms with E-state index in [1.54, 1.807) is 11.6 Å². The van der Waals surface area contributed by atoms with Crippen LogP contribution in [0.3, 0.4) is 0 Å². The summed E-state index contributed by atoms with van der Waals surface area (Å²) in [4.78, 5) is 4.05. The van der Waals surface area contributed by atoms with Crippen LogP contribution in [-0.4, -0.2) is 11.2 Å². The van der Waals surface area contributed by atoms with Crippen molar-refractivity contribution in [2.45, 2.75) is 37.4 Å². The first-order chi connectivity index (χ1) is 7.42. The molecule has 1 aliphatic rings. The molecular formula is C10H13F3N2S. The van der Waals surface area contributed by atoms with Crippen LogP contribution in [-0.2, 0) is 5.54 Å². The monoisotopic (exact) mass is 250 g/mol. The SMILES string of the molecule is NC1(c2nccs2)CCCC(C(F)(F)F)C1. The van der Waals surface area contributed by atoms with Crippen molar-refractivity contribution in [2.75, 3.05) is 0 Å². The Hall–Kier alpha value is -0.620. The first-order valence-corrected chi connectivity index (χ1v) is 6.05. The maximum Gasteiger partial charge on any atom is 0.391 e. The Morgan fingerprint density at radius 2 is 2.25 bits per heavy atom. The van der Waals surface area contributed by atoms with Gasteiger partial charge < -0.3 is 5.73 Å². The fraction of sp³-hybridized carbons (Fsp3) is 0.700. The maximum atomic E-state index is 12.7. The molecule has 0 amide bonds. The van der Waals surface area contributed by atoms with Gasteiger partial charge in [-0.25, -0.2) is 4.98 Å². The number of rotatable bonds is 1. The van der Waals surface area contributed by atoms with Gasteiger partial charge in [0.1, 0.15) is 5.01 Å². The number of nitrogens with zero attached hydrogens (tertiary/aromatic N) is 1. The normalized spacial score (nSPS) is 31.6. The van der Waals surface area contributed by atoms with Gasteiger partial charge in [-0.05, 0) is 19.3 Å². The third-order valence-electron chi connectivity index (χ3n) is 3.11. The summed E-state index contributed by atoms with van der Waals surface area (Å²) in [6.07, 6.45) is -1.29. The summed E-state index contributed by atoms with van der Waals surface area (Å²) < 4.78 is 38.0. The van der Waals surface area contributed by atoms with Gasteiger partial charge in [0.15, 0.2) is 0 Å². The Labute approximate surface area is 95.7 Å². The number of hydrogen-bond acceptors (Lipinski definition) is 3. The molecule has 1 fully saturated rings. The van der Waals surface area contributed by atoms with E-state index in [0.717, 1.165) is 0 Å². The van der Waals surface area contributed by atoms with Crippen LogP contribution < -0.4 is 5.73 Å². The fourth-order valence-electron chi connectivity index (χ4n) is 2.25. The molecule has 2 N–H and O–H groups in total. The summed E-state index contributed by atoms with van der Waals surface area (Å²) >= 11 is 1.34. The lowest BCUT2D eigenvalue weighted by atomic mass is 9.76. The van der Waals surface area contributed by atoms with Crippen molar-refractivity contribution in [1.29, 1.82) is 0 Å². The molecule has 2 unspecified atom stereocenters. The van der Waals surface area contributed by atoms with E-state index in [0.29, 0.717) is 17.8 Å². The van der Waals surface area contributed by atoms with E-state index in [1.165, 1.54) is 11.3 Å². The molecule has 0 bridgehead atoms. The van der Waals surface area contributed by atoms with Crippen LogP contribution in [0.1, 0.15) is 30.7 Å². The standard InChI is InChI=1S/C10H13F3N2S/c11-10(12,13)7-2-1-3-9(14,6-7)8-15-4-5-16-8/h4-5,7H,1-3,6,14H2. The summed E-state index contributed by atoms with van der Waals surface area (Å²) in [6, 6.07) is 0. The summed E-state index contributed by atoms with van der Waals surface area (Å²) in [5.41, 5.74) is 5.18. The predicted molar refractivity (Wildman–Crippen MR) is 56.0 cm³/mol. The summed E-state index contributed by atoms with van der Waals surface area (Å²) in [6.45, 7) is 0. The molecule has 90 valence electrons. The zero-order chi connectivity index (χ0) is 11.8. The number of thiazole rings is 1. The quantitative estimate of drug-likeness (QED) is 0.832. The number of nitrogens with two attached hydrogens (primary N) is 1. The van der Waals surface area contributed by atoms with Crippen LogP contribution in [0.5, 0.6) is 0 Å². The van der Waals surface area contributed by atoms with Crippen LogP contribution in [0, 0.1) is 5.92 Å². The lowest BCUT2D eigenvalue weighted by Crippen LogP contribution is -2.44. The van der Waals surface area contributed by atoms with Crippen molar-refractivity contribution >= 4 is 11.3 Å². The Balaban J connectivity index is 2.18. The second kappa shape index (κ2) is 4.00. The van der Waals surface area contributed by atoms with Crippen LogP contribution in [0.15, 0.2) is 11.6 Å². The molecule has 1 aromatic rings. The average molecular weight is 250 g/mol. The van der Waals surface area contributed by atoms with Gasteiger partial charge >= 0.3 is 6.18 Å². The van der Waals surface area contributed by atoms with E-state index in [2.05, 4.69) is 4.98 Å². The highest BCUT2D eigenvalue weighted by Crippen LogP contribution is 2.45. The number of hydrogen-bond donors (Lipinski definition) is 1. The van der Waals surface area contributed by atoms with E-state index >= 15 is 0 Å². The molecule has 0 saturated heterocycles. The van der Waals surface area contributed by atoms with Gasteiger partial charge in [-0.15, -0.1) is 11.3 Å². The summed E-state index contributed by atoms with van der Waals surface area (Å²) in [5.74, 6) is -1.28. The Kier molecular flexibility index (Phi) is 2.96. The smallest absolute Gasteiger partial charge is 0.319 e. The maximum absolute atomic E-state index is 12.7. The Bertz CT molecular complexity index is 349. The van der Waals surface area contributed by atoms with Gasteiger partial charge in [-0.3, -0.25) is 0 Å². The third kappa shape index (κ3) is 2.22. The van der Waals surface area contributed by atoms with Gasteiger partial charge in [-0.2, -0.15) is 13.2 Å². The van der Waals surface area contributed by atoms with E-state index in [9.17, 15) is 13.2 Å². The largest absolute Gasteiger partial charge is 0.391 e. The molecule has 0 radical (unpaired) electrons. The summed E-state index contributed by atoms with van der Waals surface area (Å²) in [5, 5.41) is 2.38. The molecule has 2 atom stereocenters. The Morgan fingerprint density at radius 1 is 1.50 bits per heavy atom. The second-order valence-electron chi connectivity index (χ2n) is 4.33. The molecule has 6 heteroatoms. The van der Waals surface area contributed by atoms with Crippen molar-refractivity contribution in [2.24, 2.45) is 11.7 Å². The van der Waals surface area contributed by atoms with Crippen LogP contribution >= 0.6 is 11.3 Å². The number of alkyl halides is 3. The van der Waals surface area contributed by atoms with E-state index in [4.69, 9.17) is 5.73 Å². The third-order valence-corrected chi connectivity index (χ3v) is 4.10. The minimum atomic E-state index is -4.14. The highest BCUT2D eigenvalue weighted by atomic mass is 32.1. The van der Waals surface area contributed by atoms with Crippen LogP contribution in [0.25, 0.3) is 0 Å². The van der Waals surface area contributed by atoms with Crippen molar-refractivity contribution in [3.8, 4) is 0 Å². The second-order valence-corrected chi connectivity index (χ2v) is 5.22. The molecule has 1 heterocycles. The average Bonchev–Trinajstić information content (AvgIpc) is 2.69. The summed E-state index contributed by atoms with van der Waals surface area (Å²) in [7, 11) is 0. The fourth-order valence-corrected chi connectivity index (χ4v) is 3.04. The lowest BCUT2D eigenvalue weighted by Gasteiger charge is -2.37. The van der Waals surface area contributed by atoms with Gasteiger partial charge in [0.2, 0.25) is 0 Å². The highest BCUT2D eigenvalue weighted by molar-refractivity contribution is 7.09. The zero-order valence-electron chi connectivity index (χ0n) is 8.63. The molecule has 2 nitrogen and oxygen atoms in total. The molecule has 0 spiro atoms. The molecule has 0 aromatic carbocycles. The van der Waals surface area contributed by atoms with Crippen LogP contribution in [0.2, 0.25) is 0 Å². The molecule has 2 rings (SSSR count). The van der Waals surface area contributed by atoms with E-state index in [-0.39, 0.29) is 12.8 Å². The highest BCUT2D eigenvalue weighted by Gasteiger charge is 2.47. The molecule has 1 aromatic heterocycles. The van der Waals surface area contributed by atoms with Gasteiger partial charge in [0.25, 0.3) is 0 Å². The molecule has 1 aliphatic carbocycles. The minimum Gasteiger partial charge on any atom is -0.319 e. The van der Waals surface area contributed by atoms with Crippen LogP contribution in [0.4, 0.5) is 13.2 Å². The predicted octanol–water partition coefficient (Wildman–Crippen LogP) is 3.05. The first-order valence-electron chi connectivity index (χ1n) is 5.17. The van der Waals surface area contributed by atoms with E-state index < -0.39 is 17.6 Å². The molecule has 1 saturated carbocycles. The molecule has 0 aliphatic heterocycles. The van der Waals surface area contributed by atoms with E-state index in [1.807, 2.05) is 0 Å². The van der Waals surface area contributed by atoms with Gasteiger partial charge in [-0.1, -0.05) is 6.42 Å². The van der Waals surface area contributed by atoms with Crippen molar-refractivity contribution in [1.82, 2.24) is 4.98 Å². The molecule has 16 heavy (non-hydrogen) atoms. The minimum absolute atomic E-state index is 0.0377. The Morgan fingerprint density at radius 3 is 2.81 bits per heavy atom.